The van der Waals surface area contributed by atoms with Crippen molar-refractivity contribution in [1.29, 1.82) is 0 Å². The molecule has 0 aliphatic heterocycles. The number of methoxy groups -OCH3 is 1. The van der Waals surface area contributed by atoms with Crippen molar-refractivity contribution in [3.63, 3.8) is 0 Å². The van der Waals surface area contributed by atoms with Crippen molar-refractivity contribution >= 4 is 35.3 Å². The van der Waals surface area contributed by atoms with Gasteiger partial charge >= 0.3 is 11.8 Å². The van der Waals surface area contributed by atoms with Gasteiger partial charge in [-0.3, -0.25) is 14.4 Å². The van der Waals surface area contributed by atoms with Gasteiger partial charge in [-0.1, -0.05) is 42.5 Å². The normalized spacial score (nSPS) is 10.4. The van der Waals surface area contributed by atoms with E-state index in [-0.39, 0.29) is 11.3 Å². The first kappa shape index (κ1) is 21.3. The summed E-state index contributed by atoms with van der Waals surface area (Å²) < 4.78 is 5.11. The van der Waals surface area contributed by atoms with Crippen molar-refractivity contribution in [2.45, 2.75) is 0 Å². The Bertz CT molecular complexity index is 1110. The number of para-hydroxylation sites is 2. The summed E-state index contributed by atoms with van der Waals surface area (Å²) >= 11 is 0. The molecule has 0 aliphatic rings. The van der Waals surface area contributed by atoms with Crippen LogP contribution in [-0.4, -0.2) is 31.0 Å². The van der Waals surface area contributed by atoms with Gasteiger partial charge in [-0.15, -0.1) is 0 Å². The highest BCUT2D eigenvalue weighted by Gasteiger charge is 2.17. The maximum absolute atomic E-state index is 12.6. The summed E-state index contributed by atoms with van der Waals surface area (Å²) in [6, 6.07) is 22.3. The average Bonchev–Trinajstić information content (AvgIpc) is 2.80. The molecule has 0 aromatic heterocycles. The highest BCUT2D eigenvalue weighted by atomic mass is 16.5. The highest BCUT2D eigenvalue weighted by molar-refractivity contribution is 6.40. The fourth-order valence-corrected chi connectivity index (χ4v) is 2.63. The number of anilines is 2. The number of hydrogen-bond acceptors (Lipinski definition) is 5. The molecule has 3 amide bonds. The van der Waals surface area contributed by atoms with Crippen molar-refractivity contribution in [2.24, 2.45) is 5.10 Å². The number of carbonyl (C=O) groups excluding carboxylic acids is 3. The topological polar surface area (TPSA) is 109 Å². The molecule has 156 valence electrons. The van der Waals surface area contributed by atoms with Crippen LogP contribution >= 0.6 is 0 Å². The minimum absolute atomic E-state index is 0.202. The molecule has 3 N–H and O–H groups in total. The van der Waals surface area contributed by atoms with E-state index in [2.05, 4.69) is 21.2 Å². The molecular formula is C23H20N4O4. The molecule has 8 nitrogen and oxygen atoms in total. The van der Waals surface area contributed by atoms with Crippen molar-refractivity contribution in [3.8, 4) is 5.75 Å². The molecule has 0 unspecified atom stereocenters. The zero-order valence-electron chi connectivity index (χ0n) is 16.7. The van der Waals surface area contributed by atoms with Crippen LogP contribution in [0.5, 0.6) is 5.75 Å². The first-order valence-corrected chi connectivity index (χ1v) is 9.30. The number of nitrogens with zero attached hydrogens (tertiary/aromatic N) is 1. The number of nitrogens with one attached hydrogen (secondary N) is 3. The highest BCUT2D eigenvalue weighted by Crippen LogP contribution is 2.17. The van der Waals surface area contributed by atoms with Gasteiger partial charge in [0.2, 0.25) is 0 Å². The Morgan fingerprint density at radius 1 is 0.839 bits per heavy atom. The molecule has 0 fully saturated rings. The predicted molar refractivity (Wildman–Crippen MR) is 118 cm³/mol. The van der Waals surface area contributed by atoms with Crippen LogP contribution in [0.2, 0.25) is 0 Å². The Morgan fingerprint density at radius 3 is 2.35 bits per heavy atom. The van der Waals surface area contributed by atoms with E-state index in [0.717, 1.165) is 0 Å². The molecule has 0 bridgehead atoms. The molecule has 0 saturated carbocycles. The molecule has 3 aromatic rings. The minimum atomic E-state index is -0.975. The second-order valence-electron chi connectivity index (χ2n) is 6.30. The Kier molecular flexibility index (Phi) is 7.10. The second-order valence-corrected chi connectivity index (χ2v) is 6.30. The molecular weight excluding hydrogens is 396 g/mol. The van der Waals surface area contributed by atoms with Crippen LogP contribution in [-0.2, 0) is 9.59 Å². The molecule has 0 spiro atoms. The molecule has 3 rings (SSSR count). The van der Waals surface area contributed by atoms with E-state index >= 15 is 0 Å². The van der Waals surface area contributed by atoms with E-state index in [1.165, 1.54) is 12.3 Å². The van der Waals surface area contributed by atoms with E-state index in [4.69, 9.17) is 4.74 Å². The van der Waals surface area contributed by atoms with Crippen LogP contribution in [0.4, 0.5) is 11.4 Å². The van der Waals surface area contributed by atoms with E-state index in [1.807, 2.05) is 6.07 Å². The smallest absolute Gasteiger partial charge is 0.329 e. The number of hydrazone groups is 1. The summed E-state index contributed by atoms with van der Waals surface area (Å²) in [6.45, 7) is 0. The second kappa shape index (κ2) is 10.4. The van der Waals surface area contributed by atoms with Crippen LogP contribution in [0.25, 0.3) is 0 Å². The summed E-state index contributed by atoms with van der Waals surface area (Å²) in [5.74, 6) is -1.71. The lowest BCUT2D eigenvalue weighted by atomic mass is 10.1. The number of benzene rings is 3. The summed E-state index contributed by atoms with van der Waals surface area (Å²) in [6.07, 6.45) is 1.38. The third kappa shape index (κ3) is 6.01. The predicted octanol–water partition coefficient (Wildman–Crippen LogP) is 3.04. The fraction of sp³-hybridized carbons (Fsp3) is 0.0435. The minimum Gasteiger partial charge on any atom is -0.497 e. The van der Waals surface area contributed by atoms with E-state index < -0.39 is 17.7 Å². The first-order valence-electron chi connectivity index (χ1n) is 9.30. The maximum Gasteiger partial charge on any atom is 0.329 e. The number of hydrogen-bond donors (Lipinski definition) is 3. The molecule has 8 heteroatoms. The van der Waals surface area contributed by atoms with Crippen LogP contribution in [0.15, 0.2) is 84.0 Å². The maximum atomic E-state index is 12.6. The molecule has 31 heavy (non-hydrogen) atoms. The van der Waals surface area contributed by atoms with Crippen LogP contribution in [0.3, 0.4) is 0 Å². The lowest BCUT2D eigenvalue weighted by Crippen LogP contribution is -2.33. The Hall–Kier alpha value is -4.46. The number of amides is 3. The van der Waals surface area contributed by atoms with Crippen molar-refractivity contribution < 1.29 is 19.1 Å². The molecule has 3 aromatic carbocycles. The quantitative estimate of drug-likeness (QED) is 0.326. The zero-order valence-corrected chi connectivity index (χ0v) is 16.7. The fourth-order valence-electron chi connectivity index (χ4n) is 2.63. The van der Waals surface area contributed by atoms with Gasteiger partial charge in [0.15, 0.2) is 0 Å². The monoisotopic (exact) mass is 416 g/mol. The van der Waals surface area contributed by atoms with Gasteiger partial charge in [-0.25, -0.2) is 5.43 Å². The summed E-state index contributed by atoms with van der Waals surface area (Å²) in [5, 5.41) is 8.95. The molecule has 0 saturated heterocycles. The Morgan fingerprint density at radius 2 is 1.58 bits per heavy atom. The Balaban J connectivity index is 1.62. The van der Waals surface area contributed by atoms with Gasteiger partial charge in [0.1, 0.15) is 5.75 Å². The standard InChI is InChI=1S/C23H20N4O4/c1-31-18-11-7-8-16(14-18)15-24-27-23(30)22(29)26-20-13-6-5-12-19(20)21(28)25-17-9-3-2-4-10-17/h2-15H,1H3,(H,25,28)(H,26,29)(H,27,30)/b24-15+. The van der Waals surface area contributed by atoms with Gasteiger partial charge in [0.05, 0.1) is 24.6 Å². The van der Waals surface area contributed by atoms with Gasteiger partial charge in [0, 0.05) is 5.69 Å². The lowest BCUT2D eigenvalue weighted by molar-refractivity contribution is -0.136. The molecule has 0 atom stereocenters. The van der Waals surface area contributed by atoms with E-state index in [1.54, 1.807) is 73.8 Å². The number of ether oxygens (including phenoxy) is 1. The largest absolute Gasteiger partial charge is 0.497 e. The first-order chi connectivity index (χ1) is 15.1. The van der Waals surface area contributed by atoms with Crippen molar-refractivity contribution in [3.05, 3.63) is 90.0 Å². The van der Waals surface area contributed by atoms with Crippen LogP contribution in [0.1, 0.15) is 15.9 Å². The van der Waals surface area contributed by atoms with Crippen LogP contribution in [0, 0.1) is 0 Å². The van der Waals surface area contributed by atoms with Gasteiger partial charge in [-0.05, 0) is 42.0 Å². The zero-order chi connectivity index (χ0) is 22.1. The third-order valence-corrected chi connectivity index (χ3v) is 4.13. The van der Waals surface area contributed by atoms with E-state index in [0.29, 0.717) is 17.0 Å². The van der Waals surface area contributed by atoms with Crippen LogP contribution < -0.4 is 20.8 Å². The third-order valence-electron chi connectivity index (χ3n) is 4.13. The van der Waals surface area contributed by atoms with Gasteiger partial charge in [0.25, 0.3) is 5.91 Å². The summed E-state index contributed by atoms with van der Waals surface area (Å²) in [5.41, 5.74) is 3.86. The molecule has 0 aliphatic carbocycles. The van der Waals surface area contributed by atoms with Crippen molar-refractivity contribution in [2.75, 3.05) is 17.7 Å². The number of carbonyl (C=O) groups is 3. The van der Waals surface area contributed by atoms with Gasteiger partial charge < -0.3 is 15.4 Å². The average molecular weight is 416 g/mol. The number of rotatable bonds is 6. The Labute approximate surface area is 178 Å². The molecule has 0 heterocycles. The summed E-state index contributed by atoms with van der Waals surface area (Å²) in [4.78, 5) is 36.9. The van der Waals surface area contributed by atoms with E-state index in [9.17, 15) is 14.4 Å². The lowest BCUT2D eigenvalue weighted by Gasteiger charge is -2.11. The SMILES string of the molecule is COc1cccc(/C=N/NC(=O)C(=O)Nc2ccccc2C(=O)Nc2ccccc2)c1. The molecule has 0 radical (unpaired) electrons. The van der Waals surface area contributed by atoms with Crippen molar-refractivity contribution in [1.82, 2.24) is 5.43 Å². The van der Waals surface area contributed by atoms with Gasteiger partial charge in [-0.2, -0.15) is 5.10 Å². The summed E-state index contributed by atoms with van der Waals surface area (Å²) in [7, 11) is 1.54.